The molecule has 0 unspecified atom stereocenters. The van der Waals surface area contributed by atoms with Crippen LogP contribution in [0.3, 0.4) is 0 Å². The van der Waals surface area contributed by atoms with E-state index in [4.69, 9.17) is 0 Å². The lowest BCUT2D eigenvalue weighted by Crippen LogP contribution is -2.30. The van der Waals surface area contributed by atoms with Crippen LogP contribution in [0.4, 0.5) is 11.4 Å². The molecule has 2 aromatic rings. The minimum absolute atomic E-state index is 0.0136. The van der Waals surface area contributed by atoms with Crippen LogP contribution in [0.1, 0.15) is 49.3 Å². The molecular formula is C20H22N2O2S2. The molecule has 0 N–H and O–H groups in total. The van der Waals surface area contributed by atoms with E-state index >= 15 is 0 Å². The monoisotopic (exact) mass is 386 g/mol. The van der Waals surface area contributed by atoms with E-state index in [1.807, 2.05) is 32.7 Å². The third-order valence-corrected chi connectivity index (χ3v) is 6.81. The maximum atomic E-state index is 13.2. The van der Waals surface area contributed by atoms with Crippen LogP contribution in [-0.2, 0) is 9.59 Å². The molecule has 0 aliphatic carbocycles. The fourth-order valence-corrected chi connectivity index (χ4v) is 5.48. The molecule has 0 atom stereocenters. The molecule has 2 aromatic heterocycles. The number of anilines is 2. The summed E-state index contributed by atoms with van der Waals surface area (Å²) in [6.07, 6.45) is 4.00. The third kappa shape index (κ3) is 2.55. The van der Waals surface area contributed by atoms with Crippen LogP contribution < -0.4 is 9.80 Å². The Balaban J connectivity index is 1.82. The Bertz CT molecular complexity index is 821. The Kier molecular flexibility index (Phi) is 4.71. The largest absolute Gasteiger partial charge is 0.307 e. The second-order valence-corrected chi connectivity index (χ2v) is 8.47. The number of hydrogen-bond acceptors (Lipinski definition) is 4. The van der Waals surface area contributed by atoms with Crippen molar-refractivity contribution in [3.05, 3.63) is 32.6 Å². The molecule has 0 aromatic carbocycles. The Morgan fingerprint density at radius 2 is 1.19 bits per heavy atom. The van der Waals surface area contributed by atoms with Gasteiger partial charge in [-0.3, -0.25) is 9.59 Å². The van der Waals surface area contributed by atoms with Gasteiger partial charge in [-0.25, -0.2) is 0 Å². The maximum Gasteiger partial charge on any atom is 0.260 e. The molecule has 4 heterocycles. The highest BCUT2D eigenvalue weighted by Gasteiger charge is 2.43. The molecule has 4 nitrogen and oxygen atoms in total. The van der Waals surface area contributed by atoms with Crippen molar-refractivity contribution >= 4 is 57.0 Å². The smallest absolute Gasteiger partial charge is 0.260 e. The van der Waals surface area contributed by atoms with Gasteiger partial charge in [0, 0.05) is 13.1 Å². The van der Waals surface area contributed by atoms with Crippen molar-refractivity contribution in [2.45, 2.75) is 39.5 Å². The van der Waals surface area contributed by atoms with E-state index < -0.39 is 0 Å². The molecule has 0 radical (unpaired) electrons. The second kappa shape index (κ2) is 7.00. The van der Waals surface area contributed by atoms with Gasteiger partial charge >= 0.3 is 0 Å². The van der Waals surface area contributed by atoms with Gasteiger partial charge in [0.1, 0.15) is 0 Å². The number of amides is 2. The van der Waals surface area contributed by atoms with E-state index in [9.17, 15) is 9.59 Å². The van der Waals surface area contributed by atoms with E-state index in [1.54, 1.807) is 22.7 Å². The highest BCUT2D eigenvalue weighted by molar-refractivity contribution is 7.14. The summed E-state index contributed by atoms with van der Waals surface area (Å²) in [7, 11) is 0. The summed E-state index contributed by atoms with van der Waals surface area (Å²) in [4.78, 5) is 32.1. The van der Waals surface area contributed by atoms with Crippen LogP contribution in [0.25, 0.3) is 11.1 Å². The van der Waals surface area contributed by atoms with Gasteiger partial charge in [0.25, 0.3) is 11.8 Å². The van der Waals surface area contributed by atoms with Gasteiger partial charge in [-0.05, 0) is 35.7 Å². The summed E-state index contributed by atoms with van der Waals surface area (Å²) in [5.74, 6) is -0.0271. The fraction of sp³-hybridized carbons (Fsp3) is 0.400. The first-order valence-electron chi connectivity index (χ1n) is 9.22. The summed E-state index contributed by atoms with van der Waals surface area (Å²) >= 11 is 3.12. The van der Waals surface area contributed by atoms with E-state index in [-0.39, 0.29) is 11.8 Å². The first-order valence-corrected chi connectivity index (χ1v) is 11.0. The molecule has 2 aliphatic rings. The molecule has 0 saturated heterocycles. The van der Waals surface area contributed by atoms with Crippen molar-refractivity contribution in [2.75, 3.05) is 22.9 Å². The second-order valence-electron chi connectivity index (χ2n) is 6.64. The zero-order chi connectivity index (χ0) is 18.3. The van der Waals surface area contributed by atoms with Crippen molar-refractivity contribution < 1.29 is 9.59 Å². The number of carbonyl (C=O) groups is 2. The number of fused-ring (bicyclic) bond motifs is 2. The predicted molar refractivity (Wildman–Crippen MR) is 110 cm³/mol. The van der Waals surface area contributed by atoms with E-state index in [2.05, 4.69) is 13.8 Å². The average molecular weight is 387 g/mol. The number of rotatable bonds is 6. The first kappa shape index (κ1) is 17.5. The summed E-state index contributed by atoms with van der Waals surface area (Å²) in [6, 6.07) is 4.01. The molecule has 0 fully saturated rings. The molecule has 6 heteroatoms. The Morgan fingerprint density at radius 1 is 0.769 bits per heavy atom. The van der Waals surface area contributed by atoms with Crippen LogP contribution in [0.15, 0.2) is 22.9 Å². The highest BCUT2D eigenvalue weighted by atomic mass is 32.1. The first-order chi connectivity index (χ1) is 12.7. The van der Waals surface area contributed by atoms with Crippen molar-refractivity contribution in [3.8, 4) is 0 Å². The fourth-order valence-electron chi connectivity index (χ4n) is 3.60. The molecule has 0 bridgehead atoms. The summed E-state index contributed by atoms with van der Waals surface area (Å²) in [5.41, 5.74) is 3.15. The number of unbranched alkanes of at least 4 members (excludes halogenated alkanes) is 2. The van der Waals surface area contributed by atoms with Crippen molar-refractivity contribution in [1.29, 1.82) is 0 Å². The van der Waals surface area contributed by atoms with Crippen molar-refractivity contribution in [2.24, 2.45) is 0 Å². The number of nitrogens with zero attached hydrogens (tertiary/aromatic N) is 2. The normalized spacial score (nSPS) is 18.8. The molecule has 0 spiro atoms. The summed E-state index contributed by atoms with van der Waals surface area (Å²) < 4.78 is 0. The number of hydrogen-bond donors (Lipinski definition) is 0. The molecule has 0 saturated carbocycles. The molecule has 2 amide bonds. The SMILES string of the molecule is CCCCN1C(=O)/C(=C2/C(=O)N(CCCC)c3ccsc32)c2sccc21. The van der Waals surface area contributed by atoms with Crippen LogP contribution in [0.5, 0.6) is 0 Å². The van der Waals surface area contributed by atoms with Crippen molar-refractivity contribution in [1.82, 2.24) is 0 Å². The van der Waals surface area contributed by atoms with Gasteiger partial charge < -0.3 is 9.80 Å². The van der Waals surface area contributed by atoms with E-state index in [1.165, 1.54) is 0 Å². The molecule has 2 aliphatic heterocycles. The van der Waals surface area contributed by atoms with Gasteiger partial charge in [-0.1, -0.05) is 26.7 Å². The topological polar surface area (TPSA) is 40.6 Å². The summed E-state index contributed by atoms with van der Waals surface area (Å²) in [6.45, 7) is 5.67. The number of thiophene rings is 2. The minimum Gasteiger partial charge on any atom is -0.307 e. The molecule has 4 rings (SSSR count). The Labute approximate surface area is 161 Å². The lowest BCUT2D eigenvalue weighted by molar-refractivity contribution is -0.114. The maximum absolute atomic E-state index is 13.2. The Morgan fingerprint density at radius 3 is 1.58 bits per heavy atom. The highest BCUT2D eigenvalue weighted by Crippen LogP contribution is 2.50. The van der Waals surface area contributed by atoms with Gasteiger partial charge in [-0.2, -0.15) is 0 Å². The molecular weight excluding hydrogens is 364 g/mol. The van der Waals surface area contributed by atoms with Gasteiger partial charge in [0.05, 0.1) is 32.3 Å². The predicted octanol–water partition coefficient (Wildman–Crippen LogP) is 5.01. The third-order valence-electron chi connectivity index (χ3n) is 4.96. The van der Waals surface area contributed by atoms with Crippen LogP contribution in [-0.4, -0.2) is 24.9 Å². The van der Waals surface area contributed by atoms with Crippen LogP contribution in [0, 0.1) is 0 Å². The standard InChI is InChI=1S/C20H22N2O2S2/c1-3-5-9-21-13-7-11-25-17(13)15(19(21)23)16-18-14(8-12-26-18)22(20(16)24)10-6-4-2/h7-8,11-12H,3-6,9-10H2,1-2H3/b16-15+. The lowest BCUT2D eigenvalue weighted by atomic mass is 10.1. The van der Waals surface area contributed by atoms with Gasteiger partial charge in [0.15, 0.2) is 0 Å². The van der Waals surface area contributed by atoms with Gasteiger partial charge in [-0.15, -0.1) is 22.7 Å². The zero-order valence-electron chi connectivity index (χ0n) is 15.1. The summed E-state index contributed by atoms with van der Waals surface area (Å²) in [5, 5.41) is 4.03. The lowest BCUT2D eigenvalue weighted by Gasteiger charge is -2.16. The average Bonchev–Trinajstić information content (AvgIpc) is 3.37. The minimum atomic E-state index is -0.0136. The zero-order valence-corrected chi connectivity index (χ0v) is 16.7. The molecule has 26 heavy (non-hydrogen) atoms. The number of carbonyl (C=O) groups excluding carboxylic acids is 2. The van der Waals surface area contributed by atoms with Crippen molar-refractivity contribution in [3.63, 3.8) is 0 Å². The van der Waals surface area contributed by atoms with E-state index in [0.29, 0.717) is 24.2 Å². The van der Waals surface area contributed by atoms with Gasteiger partial charge in [0.2, 0.25) is 0 Å². The van der Waals surface area contributed by atoms with Crippen LogP contribution >= 0.6 is 22.7 Å². The van der Waals surface area contributed by atoms with Crippen LogP contribution in [0.2, 0.25) is 0 Å². The molecule has 136 valence electrons. The van der Waals surface area contributed by atoms with E-state index in [0.717, 1.165) is 46.8 Å². The quantitative estimate of drug-likeness (QED) is 0.655. The Hall–Kier alpha value is -1.92.